The summed E-state index contributed by atoms with van der Waals surface area (Å²) < 4.78 is 5.85. The highest BCUT2D eigenvalue weighted by atomic mass is 35.5. The lowest BCUT2D eigenvalue weighted by atomic mass is 10.1. The molecular weight excluding hydrogens is 500 g/mol. The molecule has 9 heteroatoms. The van der Waals surface area contributed by atoms with Crippen LogP contribution >= 0.6 is 11.6 Å². The fourth-order valence-corrected chi connectivity index (χ4v) is 3.59. The number of hydrogen-bond acceptors (Lipinski definition) is 6. The number of ether oxygens (including phenoxy) is 1. The number of aryl methyl sites for hydroxylation is 1. The molecule has 38 heavy (non-hydrogen) atoms. The van der Waals surface area contributed by atoms with Gasteiger partial charge in [0, 0.05) is 28.4 Å². The average molecular weight is 529 g/mol. The van der Waals surface area contributed by atoms with Crippen LogP contribution in [0.2, 0.25) is 5.02 Å². The van der Waals surface area contributed by atoms with Gasteiger partial charge >= 0.3 is 6.03 Å². The summed E-state index contributed by atoms with van der Waals surface area (Å²) in [6.45, 7) is 8.23. The van der Waals surface area contributed by atoms with Crippen molar-refractivity contribution >= 4 is 40.0 Å². The molecule has 1 atom stereocenters. The van der Waals surface area contributed by atoms with Gasteiger partial charge in [0.25, 0.3) is 0 Å². The minimum Gasteiger partial charge on any atom is -0.454 e. The predicted molar refractivity (Wildman–Crippen MR) is 151 cm³/mol. The number of nitrogens with one attached hydrogen (secondary N) is 3. The Morgan fingerprint density at radius 1 is 1.05 bits per heavy atom. The Morgan fingerprint density at radius 3 is 2.63 bits per heavy atom. The Kier molecular flexibility index (Phi) is 8.62. The van der Waals surface area contributed by atoms with E-state index < -0.39 is 0 Å². The van der Waals surface area contributed by atoms with Crippen LogP contribution in [0.3, 0.4) is 0 Å². The van der Waals surface area contributed by atoms with Gasteiger partial charge < -0.3 is 20.7 Å². The van der Waals surface area contributed by atoms with Crippen LogP contribution in [0, 0.1) is 24.7 Å². The lowest BCUT2D eigenvalue weighted by Crippen LogP contribution is -2.43. The zero-order chi connectivity index (χ0) is 27.1. The van der Waals surface area contributed by atoms with Gasteiger partial charge in [0.05, 0.1) is 23.3 Å². The van der Waals surface area contributed by atoms with Crippen molar-refractivity contribution in [2.45, 2.75) is 33.7 Å². The molecule has 2 aromatic heterocycles. The van der Waals surface area contributed by atoms with E-state index in [1.807, 2.05) is 50.2 Å². The first-order chi connectivity index (χ1) is 18.3. The van der Waals surface area contributed by atoms with Crippen LogP contribution in [0.1, 0.15) is 32.0 Å². The molecule has 0 aliphatic rings. The Hall–Kier alpha value is -4.35. The van der Waals surface area contributed by atoms with Gasteiger partial charge in [0.2, 0.25) is 0 Å². The normalized spacial score (nSPS) is 11.4. The maximum absolute atomic E-state index is 12.0. The SMILES string of the molecule is Cc1ccc(Oc2ccc(Nc3ncnc4ccc(C#CCNC(=O)NC(C)C(C)C)cc34)cc2Cl)cn1. The molecule has 0 saturated carbocycles. The third-order valence-electron chi connectivity index (χ3n) is 5.87. The summed E-state index contributed by atoms with van der Waals surface area (Å²) in [4.78, 5) is 25.0. The standard InChI is InChI=1S/C29H29ClN6O2/c1-18(2)20(4)35-29(37)31-13-5-6-21-8-11-26-24(14-21)28(34-17-33-26)36-22-9-12-27(25(30)15-22)38-23-10-7-19(3)32-16-23/h7-12,14-18,20H,13H2,1-4H3,(H2,31,35,37)(H,33,34,36). The fourth-order valence-electron chi connectivity index (χ4n) is 3.37. The number of benzene rings is 2. The van der Waals surface area contributed by atoms with Crippen LogP contribution in [0.5, 0.6) is 11.5 Å². The zero-order valence-corrected chi connectivity index (χ0v) is 22.4. The number of fused-ring (bicyclic) bond motifs is 1. The average Bonchev–Trinajstić information content (AvgIpc) is 2.89. The second kappa shape index (κ2) is 12.3. The number of halogens is 1. The molecule has 2 aromatic carbocycles. The number of rotatable bonds is 7. The van der Waals surface area contributed by atoms with Crippen molar-refractivity contribution in [3.05, 3.63) is 77.3 Å². The molecule has 4 aromatic rings. The van der Waals surface area contributed by atoms with E-state index >= 15 is 0 Å². The lowest BCUT2D eigenvalue weighted by molar-refractivity contribution is 0.235. The van der Waals surface area contributed by atoms with Crippen molar-refractivity contribution < 1.29 is 9.53 Å². The number of nitrogens with zero attached hydrogens (tertiary/aromatic N) is 3. The second-order valence-electron chi connectivity index (χ2n) is 9.12. The molecule has 1 unspecified atom stereocenters. The van der Waals surface area contributed by atoms with Crippen molar-refractivity contribution in [1.29, 1.82) is 0 Å². The van der Waals surface area contributed by atoms with E-state index in [1.165, 1.54) is 6.33 Å². The highest BCUT2D eigenvalue weighted by molar-refractivity contribution is 6.32. The third kappa shape index (κ3) is 7.11. The molecule has 194 valence electrons. The molecule has 0 saturated heterocycles. The molecule has 2 amide bonds. The highest BCUT2D eigenvalue weighted by Gasteiger charge is 2.10. The maximum Gasteiger partial charge on any atom is 0.315 e. The summed E-state index contributed by atoms with van der Waals surface area (Å²) in [6.07, 6.45) is 3.16. The van der Waals surface area contributed by atoms with Gasteiger partial charge in [-0.15, -0.1) is 0 Å². The first-order valence-corrected chi connectivity index (χ1v) is 12.6. The van der Waals surface area contributed by atoms with Crippen LogP contribution < -0.4 is 20.7 Å². The van der Waals surface area contributed by atoms with Crippen molar-refractivity contribution in [3.8, 4) is 23.3 Å². The van der Waals surface area contributed by atoms with Gasteiger partial charge in [-0.25, -0.2) is 14.8 Å². The number of carbonyl (C=O) groups excluding carboxylic acids is 1. The molecular formula is C29H29ClN6O2. The van der Waals surface area contributed by atoms with Gasteiger partial charge in [-0.05, 0) is 68.3 Å². The molecule has 0 spiro atoms. The zero-order valence-electron chi connectivity index (χ0n) is 21.7. The van der Waals surface area contributed by atoms with Crippen molar-refractivity contribution in [1.82, 2.24) is 25.6 Å². The summed E-state index contributed by atoms with van der Waals surface area (Å²) in [5.74, 6) is 8.17. The predicted octanol–water partition coefficient (Wildman–Crippen LogP) is 6.22. The number of amides is 2. The Balaban J connectivity index is 1.45. The van der Waals surface area contributed by atoms with Gasteiger partial charge in [0.1, 0.15) is 23.6 Å². The van der Waals surface area contributed by atoms with E-state index in [0.29, 0.717) is 28.3 Å². The first kappa shape index (κ1) is 26.7. The topological polar surface area (TPSA) is 101 Å². The van der Waals surface area contributed by atoms with Gasteiger partial charge in [-0.3, -0.25) is 4.98 Å². The minimum atomic E-state index is -0.232. The van der Waals surface area contributed by atoms with Crippen LogP contribution in [-0.2, 0) is 0 Å². The summed E-state index contributed by atoms with van der Waals surface area (Å²) in [6, 6.07) is 14.7. The highest BCUT2D eigenvalue weighted by Crippen LogP contribution is 2.33. The second-order valence-corrected chi connectivity index (χ2v) is 9.53. The largest absolute Gasteiger partial charge is 0.454 e. The molecule has 3 N–H and O–H groups in total. The smallest absolute Gasteiger partial charge is 0.315 e. The van der Waals surface area contributed by atoms with Gasteiger partial charge in [-0.1, -0.05) is 37.3 Å². The first-order valence-electron chi connectivity index (χ1n) is 12.2. The monoisotopic (exact) mass is 528 g/mol. The molecule has 2 heterocycles. The number of aromatic nitrogens is 3. The van der Waals surface area contributed by atoms with Crippen LogP contribution in [-0.4, -0.2) is 33.6 Å². The molecule has 0 aliphatic heterocycles. The van der Waals surface area contributed by atoms with E-state index in [4.69, 9.17) is 16.3 Å². The Bertz CT molecular complexity index is 1490. The fraction of sp³-hybridized carbons (Fsp3) is 0.241. The van der Waals surface area contributed by atoms with Gasteiger partial charge in [0.15, 0.2) is 0 Å². The van der Waals surface area contributed by atoms with Crippen LogP contribution in [0.4, 0.5) is 16.3 Å². The number of pyridine rings is 1. The number of anilines is 2. The van der Waals surface area contributed by atoms with Crippen LogP contribution in [0.15, 0.2) is 61.1 Å². The summed E-state index contributed by atoms with van der Waals surface area (Å²) >= 11 is 6.49. The summed E-state index contributed by atoms with van der Waals surface area (Å²) in [7, 11) is 0. The van der Waals surface area contributed by atoms with E-state index in [1.54, 1.807) is 18.3 Å². The molecule has 0 bridgehead atoms. The summed E-state index contributed by atoms with van der Waals surface area (Å²) in [5, 5.41) is 10.2. The number of urea groups is 1. The Morgan fingerprint density at radius 2 is 1.89 bits per heavy atom. The quantitative estimate of drug-likeness (QED) is 0.246. The van der Waals surface area contributed by atoms with E-state index in [-0.39, 0.29) is 18.6 Å². The molecule has 8 nitrogen and oxygen atoms in total. The molecule has 4 rings (SSSR count). The maximum atomic E-state index is 12.0. The van der Waals surface area contributed by atoms with E-state index in [0.717, 1.165) is 27.8 Å². The van der Waals surface area contributed by atoms with Gasteiger partial charge in [-0.2, -0.15) is 0 Å². The van der Waals surface area contributed by atoms with Crippen molar-refractivity contribution in [3.63, 3.8) is 0 Å². The van der Waals surface area contributed by atoms with Crippen molar-refractivity contribution in [2.24, 2.45) is 5.92 Å². The van der Waals surface area contributed by atoms with E-state index in [9.17, 15) is 4.79 Å². The van der Waals surface area contributed by atoms with Crippen molar-refractivity contribution in [2.75, 3.05) is 11.9 Å². The lowest BCUT2D eigenvalue weighted by Gasteiger charge is -2.17. The number of hydrogen-bond donors (Lipinski definition) is 3. The molecule has 0 fully saturated rings. The Labute approximate surface area is 227 Å². The van der Waals surface area contributed by atoms with Crippen LogP contribution in [0.25, 0.3) is 10.9 Å². The molecule has 0 radical (unpaired) electrons. The third-order valence-corrected chi connectivity index (χ3v) is 6.17. The molecule has 0 aliphatic carbocycles. The van der Waals surface area contributed by atoms with E-state index in [2.05, 4.69) is 56.6 Å². The minimum absolute atomic E-state index is 0.0819. The number of carbonyl (C=O) groups is 1. The summed E-state index contributed by atoms with van der Waals surface area (Å²) in [5.41, 5.74) is 3.20.